The van der Waals surface area contributed by atoms with E-state index in [1.54, 1.807) is 39.0 Å². The topological polar surface area (TPSA) is 12.5 Å². The second-order valence-corrected chi connectivity index (χ2v) is 20.8. The van der Waals surface area contributed by atoms with E-state index in [-0.39, 0.29) is 28.9 Å². The molecular weight excluding hydrogens is 727 g/mol. The minimum Gasteiger partial charge on any atom is -0.485 e. The van der Waals surface area contributed by atoms with Gasteiger partial charge in [-0.25, -0.2) is 0 Å². The second-order valence-electron chi connectivity index (χ2n) is 20.8. The number of hydrogen-bond acceptors (Lipinski definition) is 2. The number of hydrogen-bond donors (Lipinski definition) is 0. The summed E-state index contributed by atoms with van der Waals surface area (Å²) >= 11 is 0. The average molecular weight is 788 g/mol. The maximum Gasteiger partial charge on any atom is 0.129 e. The molecule has 60 heavy (non-hydrogen) atoms. The summed E-state index contributed by atoms with van der Waals surface area (Å²) in [6, 6.07) is 10.4. The van der Waals surface area contributed by atoms with Gasteiger partial charge in [-0.1, -0.05) is 123 Å². The highest BCUT2D eigenvalue weighted by Crippen LogP contribution is 2.68. The Kier molecular flexibility index (Phi) is 8.11. The largest absolute Gasteiger partial charge is 0.485 e. The Labute approximate surface area is 358 Å². The van der Waals surface area contributed by atoms with E-state index in [0.717, 1.165) is 56.1 Å². The zero-order valence-corrected chi connectivity index (χ0v) is 35.8. The quantitative estimate of drug-likeness (QED) is 0.282. The van der Waals surface area contributed by atoms with Crippen LogP contribution in [0.5, 0.6) is 0 Å². The Morgan fingerprint density at radius 2 is 1.67 bits per heavy atom. The summed E-state index contributed by atoms with van der Waals surface area (Å²) in [7, 11) is 0. The van der Waals surface area contributed by atoms with Crippen molar-refractivity contribution in [2.45, 2.75) is 121 Å². The first-order valence-electron chi connectivity index (χ1n) is 24.1. The summed E-state index contributed by atoms with van der Waals surface area (Å²) < 4.78 is 6.85. The summed E-state index contributed by atoms with van der Waals surface area (Å²) in [4.78, 5) is 3.07. The van der Waals surface area contributed by atoms with Gasteiger partial charge in [0.05, 0.1) is 17.4 Å². The molecule has 1 heterocycles. The van der Waals surface area contributed by atoms with Gasteiger partial charge in [0, 0.05) is 17.7 Å². The summed E-state index contributed by atoms with van der Waals surface area (Å²) in [6.45, 7) is 5.10. The van der Waals surface area contributed by atoms with E-state index < -0.39 is 0 Å². The van der Waals surface area contributed by atoms with Gasteiger partial charge < -0.3 is 9.64 Å². The van der Waals surface area contributed by atoms with Gasteiger partial charge in [-0.05, 0) is 181 Å². The molecule has 0 aromatic heterocycles. The van der Waals surface area contributed by atoms with Crippen molar-refractivity contribution in [3.63, 3.8) is 0 Å². The Bertz CT molecular complexity index is 2490. The molecule has 1 saturated carbocycles. The fourth-order valence-corrected chi connectivity index (χ4v) is 15.6. The average Bonchev–Trinajstić information content (AvgIpc) is 3.99. The van der Waals surface area contributed by atoms with E-state index in [0.29, 0.717) is 23.8 Å². The molecule has 12 aliphatic rings. The van der Waals surface area contributed by atoms with Crippen LogP contribution in [0.15, 0.2) is 172 Å². The second kappa shape index (κ2) is 13.5. The Morgan fingerprint density at radius 1 is 0.750 bits per heavy atom. The molecule has 0 amide bonds. The predicted octanol–water partition coefficient (Wildman–Crippen LogP) is 13.6. The van der Waals surface area contributed by atoms with Crippen LogP contribution in [0.1, 0.15) is 108 Å². The summed E-state index contributed by atoms with van der Waals surface area (Å²) in [5.41, 5.74) is 17.9. The first kappa shape index (κ1) is 36.1. The van der Waals surface area contributed by atoms with Crippen molar-refractivity contribution in [3.8, 4) is 0 Å². The molecule has 1 aromatic rings. The molecule has 11 aliphatic carbocycles. The fraction of sp³-hybridized carbons (Fsp3) is 0.448. The van der Waals surface area contributed by atoms with Gasteiger partial charge >= 0.3 is 0 Å². The van der Waals surface area contributed by atoms with Crippen molar-refractivity contribution in [1.82, 2.24) is 4.90 Å². The molecule has 0 bridgehead atoms. The maximum atomic E-state index is 6.85. The number of allylic oxidation sites excluding steroid dienone is 19. The molecule has 1 fully saturated rings. The minimum absolute atomic E-state index is 0.0756. The number of ether oxygens (including phenoxy) is 1. The molecule has 0 N–H and O–H groups in total. The maximum absolute atomic E-state index is 6.85. The molecule has 10 atom stereocenters. The Morgan fingerprint density at radius 3 is 2.60 bits per heavy atom. The molecule has 1 aliphatic heterocycles. The van der Waals surface area contributed by atoms with Crippen LogP contribution in [0, 0.1) is 40.9 Å². The first-order valence-corrected chi connectivity index (χ1v) is 24.1. The van der Waals surface area contributed by atoms with Crippen LogP contribution in [0.4, 0.5) is 0 Å². The standard InChI is InChI=1S/C58H61NO/c1-57(2)45-22-10-8-20-43(45)55-48(57)25-14-26-51(55)59(52-27-15-29-54-56(52)44-21-9-13-28-53(44)60-54)38-31-33-42-41-32-30-37(36-16-4-3-5-17-36)34-49(41)58(50(42)35-38)46-23-11-6-18-39(46)40-19-7-12-24-47(40)58/h3-4,6,8,10-11,13,15,18-20,22-25,27-29,31,33,36-38,43,45,51,54-56H,5,7,9,12,14,16-17,21,26,30,32,34-35H2,1-2H3. The van der Waals surface area contributed by atoms with Crippen LogP contribution in [0.2, 0.25) is 0 Å². The van der Waals surface area contributed by atoms with Crippen LogP contribution >= 0.6 is 0 Å². The number of fused-ring (bicyclic) bond motifs is 13. The first-order chi connectivity index (χ1) is 29.5. The van der Waals surface area contributed by atoms with Crippen LogP contribution in [-0.2, 0) is 10.2 Å². The summed E-state index contributed by atoms with van der Waals surface area (Å²) in [6.07, 6.45) is 55.7. The minimum atomic E-state index is -0.149. The Hall–Kier alpha value is -4.56. The lowest BCUT2D eigenvalue weighted by Gasteiger charge is -2.50. The zero-order chi connectivity index (χ0) is 39.7. The highest BCUT2D eigenvalue weighted by atomic mass is 16.5. The molecule has 2 nitrogen and oxygen atoms in total. The smallest absolute Gasteiger partial charge is 0.129 e. The molecule has 10 unspecified atom stereocenters. The molecule has 2 heteroatoms. The predicted molar refractivity (Wildman–Crippen MR) is 245 cm³/mol. The van der Waals surface area contributed by atoms with Crippen LogP contribution in [-0.4, -0.2) is 23.1 Å². The molecule has 0 saturated heterocycles. The number of benzene rings is 1. The lowest BCUT2D eigenvalue weighted by Crippen LogP contribution is -2.51. The van der Waals surface area contributed by atoms with Crippen LogP contribution < -0.4 is 0 Å². The number of rotatable bonds is 4. The summed E-state index contributed by atoms with van der Waals surface area (Å²) in [5.74, 6) is 4.55. The van der Waals surface area contributed by atoms with Crippen molar-refractivity contribution in [1.29, 1.82) is 0 Å². The zero-order valence-electron chi connectivity index (χ0n) is 35.8. The Balaban J connectivity index is 0.970. The van der Waals surface area contributed by atoms with Gasteiger partial charge in [0.2, 0.25) is 0 Å². The lowest BCUT2D eigenvalue weighted by molar-refractivity contribution is 0.101. The van der Waals surface area contributed by atoms with Crippen molar-refractivity contribution < 1.29 is 4.74 Å². The molecule has 304 valence electrons. The molecule has 0 radical (unpaired) electrons. The van der Waals surface area contributed by atoms with Gasteiger partial charge in [0.1, 0.15) is 11.9 Å². The van der Waals surface area contributed by atoms with E-state index in [1.807, 2.05) is 0 Å². The SMILES string of the molecule is CC1(C)C2=CCCC(N(C3=CC=CC4OC5=C(CCC=C5)C34)C3C=CC4=C(C3)C3(C5=CCCC=C5c5ccccc53)C3=C4CCC(C4CC=CCC4)C3)C2C2C=CC=CC21. The van der Waals surface area contributed by atoms with Gasteiger partial charge in [-0.2, -0.15) is 0 Å². The lowest BCUT2D eigenvalue weighted by atomic mass is 9.62. The van der Waals surface area contributed by atoms with E-state index in [9.17, 15) is 0 Å². The highest BCUT2D eigenvalue weighted by Gasteiger charge is 2.59. The monoisotopic (exact) mass is 787 g/mol. The third kappa shape index (κ3) is 4.89. The van der Waals surface area contributed by atoms with Gasteiger partial charge in [0.15, 0.2) is 0 Å². The third-order valence-electron chi connectivity index (χ3n) is 18.0. The van der Waals surface area contributed by atoms with E-state index in [2.05, 4.69) is 140 Å². The van der Waals surface area contributed by atoms with Crippen molar-refractivity contribution in [2.75, 3.05) is 0 Å². The van der Waals surface area contributed by atoms with Crippen LogP contribution in [0.3, 0.4) is 0 Å². The molecular formula is C58H61NO. The highest BCUT2D eigenvalue weighted by molar-refractivity contribution is 5.96. The third-order valence-corrected chi connectivity index (χ3v) is 18.0. The van der Waals surface area contributed by atoms with E-state index >= 15 is 0 Å². The van der Waals surface area contributed by atoms with Crippen molar-refractivity contribution in [3.05, 3.63) is 183 Å². The fourth-order valence-electron chi connectivity index (χ4n) is 15.6. The van der Waals surface area contributed by atoms with E-state index in [4.69, 9.17) is 4.74 Å². The van der Waals surface area contributed by atoms with Gasteiger partial charge in [-0.15, -0.1) is 0 Å². The normalized spacial score (nSPS) is 38.3. The number of nitrogens with zero attached hydrogens (tertiary/aromatic N) is 1. The van der Waals surface area contributed by atoms with Crippen molar-refractivity contribution >= 4 is 5.57 Å². The van der Waals surface area contributed by atoms with E-state index in [1.165, 1.54) is 67.4 Å². The van der Waals surface area contributed by atoms with Crippen molar-refractivity contribution in [2.24, 2.45) is 40.9 Å². The molecule has 1 spiro atoms. The molecule has 1 aromatic carbocycles. The molecule has 13 rings (SSSR count). The van der Waals surface area contributed by atoms with Gasteiger partial charge in [-0.3, -0.25) is 0 Å². The van der Waals surface area contributed by atoms with Gasteiger partial charge in [0.25, 0.3) is 0 Å². The van der Waals surface area contributed by atoms with Crippen LogP contribution in [0.25, 0.3) is 5.57 Å². The summed E-state index contributed by atoms with van der Waals surface area (Å²) in [5, 5.41) is 0.